The Bertz CT molecular complexity index is 1000. The molecule has 0 bridgehead atoms. The standard InChI is InChI=1S/C21H25N7O3/c1-2-20(27-10-9-22-15-27)24-19-8-7-18(28(29)30)21(25-19)23-16-3-5-17(6-4-16)26-11-13-31-14-12-26/h3-10,15,20H,2,11-14H2,1H3,(H2,23,24,25). The maximum Gasteiger partial charge on any atom is 0.311 e. The topological polar surface area (TPSA) is 110 Å². The summed E-state index contributed by atoms with van der Waals surface area (Å²) < 4.78 is 7.32. The van der Waals surface area contributed by atoms with Crippen LogP contribution in [0.1, 0.15) is 19.5 Å². The van der Waals surface area contributed by atoms with Crippen molar-refractivity contribution in [3.63, 3.8) is 0 Å². The van der Waals surface area contributed by atoms with E-state index in [4.69, 9.17) is 4.74 Å². The molecule has 3 aromatic rings. The van der Waals surface area contributed by atoms with Crippen molar-refractivity contribution in [1.29, 1.82) is 0 Å². The molecule has 10 nitrogen and oxygen atoms in total. The van der Waals surface area contributed by atoms with Crippen LogP contribution in [-0.4, -0.2) is 45.8 Å². The van der Waals surface area contributed by atoms with Crippen LogP contribution in [0, 0.1) is 10.1 Å². The molecule has 1 unspecified atom stereocenters. The lowest BCUT2D eigenvalue weighted by molar-refractivity contribution is -0.384. The van der Waals surface area contributed by atoms with Gasteiger partial charge in [-0.2, -0.15) is 0 Å². The number of imidazole rings is 1. The normalized spacial score (nSPS) is 14.8. The molecule has 1 aliphatic heterocycles. The molecular formula is C21H25N7O3. The number of morpholine rings is 1. The fraction of sp³-hybridized carbons (Fsp3) is 0.333. The fourth-order valence-corrected chi connectivity index (χ4v) is 3.50. The molecule has 1 aliphatic rings. The average Bonchev–Trinajstić information content (AvgIpc) is 3.33. The van der Waals surface area contributed by atoms with Crippen LogP contribution < -0.4 is 15.5 Å². The van der Waals surface area contributed by atoms with Crippen LogP contribution in [0.3, 0.4) is 0 Å². The van der Waals surface area contributed by atoms with Crippen molar-refractivity contribution in [3.05, 3.63) is 65.2 Å². The molecule has 1 saturated heterocycles. The number of aromatic nitrogens is 3. The lowest BCUT2D eigenvalue weighted by Crippen LogP contribution is -2.36. The van der Waals surface area contributed by atoms with Crippen LogP contribution in [-0.2, 0) is 4.74 Å². The first-order valence-electron chi connectivity index (χ1n) is 10.2. The SMILES string of the molecule is CCC(Nc1ccc([N+](=O)[O-])c(Nc2ccc(N3CCOCC3)cc2)n1)n1ccnc1. The lowest BCUT2D eigenvalue weighted by Gasteiger charge is -2.28. The molecule has 10 heteroatoms. The van der Waals surface area contributed by atoms with Gasteiger partial charge in [0, 0.05) is 42.9 Å². The molecule has 1 atom stereocenters. The summed E-state index contributed by atoms with van der Waals surface area (Å²) in [6.45, 7) is 5.17. The van der Waals surface area contributed by atoms with E-state index in [-0.39, 0.29) is 17.7 Å². The number of benzene rings is 1. The fourth-order valence-electron chi connectivity index (χ4n) is 3.50. The summed E-state index contributed by atoms with van der Waals surface area (Å²) in [5.41, 5.74) is 1.74. The van der Waals surface area contributed by atoms with E-state index in [0.29, 0.717) is 19.0 Å². The van der Waals surface area contributed by atoms with E-state index in [1.165, 1.54) is 6.07 Å². The predicted molar refractivity (Wildman–Crippen MR) is 119 cm³/mol. The highest BCUT2D eigenvalue weighted by Gasteiger charge is 2.18. The summed E-state index contributed by atoms with van der Waals surface area (Å²) >= 11 is 0. The van der Waals surface area contributed by atoms with Gasteiger partial charge >= 0.3 is 5.69 Å². The molecule has 3 heterocycles. The summed E-state index contributed by atoms with van der Waals surface area (Å²) in [5, 5.41) is 17.9. The van der Waals surface area contributed by atoms with Crippen LogP contribution in [0.5, 0.6) is 0 Å². The number of nitrogens with one attached hydrogen (secondary N) is 2. The van der Waals surface area contributed by atoms with Gasteiger partial charge in [0.1, 0.15) is 12.0 Å². The van der Waals surface area contributed by atoms with E-state index in [2.05, 4.69) is 25.5 Å². The third kappa shape index (κ3) is 4.92. The molecule has 1 fully saturated rings. The Morgan fingerprint density at radius 2 is 1.97 bits per heavy atom. The maximum absolute atomic E-state index is 11.5. The zero-order valence-corrected chi connectivity index (χ0v) is 17.3. The van der Waals surface area contributed by atoms with Gasteiger partial charge in [-0.25, -0.2) is 9.97 Å². The first kappa shape index (κ1) is 20.6. The quantitative estimate of drug-likeness (QED) is 0.416. The van der Waals surface area contributed by atoms with Gasteiger partial charge in [-0.05, 0) is 36.8 Å². The van der Waals surface area contributed by atoms with Crippen molar-refractivity contribution in [3.8, 4) is 0 Å². The molecule has 4 rings (SSSR count). The monoisotopic (exact) mass is 423 g/mol. The largest absolute Gasteiger partial charge is 0.378 e. The first-order chi connectivity index (χ1) is 15.1. The molecule has 1 aromatic carbocycles. The van der Waals surface area contributed by atoms with Crippen molar-refractivity contribution < 1.29 is 9.66 Å². The smallest absolute Gasteiger partial charge is 0.311 e. The second-order valence-electron chi connectivity index (χ2n) is 7.17. The highest BCUT2D eigenvalue weighted by molar-refractivity contribution is 5.69. The minimum atomic E-state index is -0.436. The van der Waals surface area contributed by atoms with Crippen molar-refractivity contribution in [2.45, 2.75) is 19.5 Å². The minimum Gasteiger partial charge on any atom is -0.378 e. The summed E-state index contributed by atoms with van der Waals surface area (Å²) in [4.78, 5) is 21.9. The Balaban J connectivity index is 1.53. The van der Waals surface area contributed by atoms with Gasteiger partial charge in [0.2, 0.25) is 5.82 Å². The first-order valence-corrected chi connectivity index (χ1v) is 10.2. The van der Waals surface area contributed by atoms with E-state index in [1.54, 1.807) is 18.6 Å². The minimum absolute atomic E-state index is 0.0582. The summed E-state index contributed by atoms with van der Waals surface area (Å²) in [6, 6.07) is 10.9. The van der Waals surface area contributed by atoms with Crippen LogP contribution in [0.4, 0.5) is 28.7 Å². The number of nitrogens with zero attached hydrogens (tertiary/aromatic N) is 5. The molecule has 0 aliphatic carbocycles. The zero-order valence-electron chi connectivity index (χ0n) is 17.3. The third-order valence-electron chi connectivity index (χ3n) is 5.16. The van der Waals surface area contributed by atoms with E-state index < -0.39 is 4.92 Å². The Labute approximate surface area is 180 Å². The van der Waals surface area contributed by atoms with Crippen LogP contribution in [0.15, 0.2) is 55.1 Å². The van der Waals surface area contributed by atoms with Gasteiger partial charge in [0.25, 0.3) is 0 Å². The number of anilines is 4. The van der Waals surface area contributed by atoms with E-state index >= 15 is 0 Å². The second kappa shape index (κ2) is 9.43. The number of hydrogen-bond acceptors (Lipinski definition) is 8. The molecule has 162 valence electrons. The van der Waals surface area contributed by atoms with Crippen LogP contribution in [0.2, 0.25) is 0 Å². The van der Waals surface area contributed by atoms with Gasteiger partial charge in [-0.1, -0.05) is 6.92 Å². The van der Waals surface area contributed by atoms with Gasteiger partial charge in [0.05, 0.1) is 24.5 Å². The second-order valence-corrected chi connectivity index (χ2v) is 7.17. The van der Waals surface area contributed by atoms with Crippen molar-refractivity contribution in [1.82, 2.24) is 14.5 Å². The van der Waals surface area contributed by atoms with Gasteiger partial charge in [-0.15, -0.1) is 0 Å². The van der Waals surface area contributed by atoms with Crippen molar-refractivity contribution in [2.75, 3.05) is 41.8 Å². The lowest BCUT2D eigenvalue weighted by atomic mass is 10.2. The molecule has 2 N–H and O–H groups in total. The average molecular weight is 423 g/mol. The molecule has 31 heavy (non-hydrogen) atoms. The molecule has 0 spiro atoms. The van der Waals surface area contributed by atoms with Crippen LogP contribution in [0.25, 0.3) is 0 Å². The molecule has 0 saturated carbocycles. The van der Waals surface area contributed by atoms with Gasteiger partial charge < -0.3 is 24.8 Å². The summed E-state index contributed by atoms with van der Waals surface area (Å²) in [5.74, 6) is 0.730. The number of hydrogen-bond donors (Lipinski definition) is 2. The maximum atomic E-state index is 11.5. The van der Waals surface area contributed by atoms with Crippen molar-refractivity contribution >= 4 is 28.7 Å². The van der Waals surface area contributed by atoms with E-state index in [9.17, 15) is 10.1 Å². The Hall–Kier alpha value is -3.66. The third-order valence-corrected chi connectivity index (χ3v) is 5.16. The highest BCUT2D eigenvalue weighted by Crippen LogP contribution is 2.29. The summed E-state index contributed by atoms with van der Waals surface area (Å²) in [6.07, 6.45) is 6.03. The van der Waals surface area contributed by atoms with E-state index in [1.807, 2.05) is 42.0 Å². The Kier molecular flexibility index (Phi) is 6.27. The summed E-state index contributed by atoms with van der Waals surface area (Å²) in [7, 11) is 0. The molecule has 0 radical (unpaired) electrons. The molecule has 0 amide bonds. The number of nitro groups is 1. The Morgan fingerprint density at radius 1 is 1.19 bits per heavy atom. The van der Waals surface area contributed by atoms with Gasteiger partial charge in [0.15, 0.2) is 0 Å². The number of pyridine rings is 1. The molecular weight excluding hydrogens is 398 g/mol. The zero-order chi connectivity index (χ0) is 21.6. The van der Waals surface area contributed by atoms with Gasteiger partial charge in [-0.3, -0.25) is 10.1 Å². The van der Waals surface area contributed by atoms with Crippen molar-refractivity contribution in [2.24, 2.45) is 0 Å². The Morgan fingerprint density at radius 3 is 2.61 bits per heavy atom. The van der Waals surface area contributed by atoms with Crippen LogP contribution >= 0.6 is 0 Å². The highest BCUT2D eigenvalue weighted by atomic mass is 16.6. The van der Waals surface area contributed by atoms with E-state index in [0.717, 1.165) is 30.9 Å². The number of rotatable bonds is 8. The number of ether oxygens (including phenoxy) is 1. The predicted octanol–water partition coefficient (Wildman–Crippen LogP) is 3.79. The molecule has 2 aromatic heterocycles.